The molecule has 0 aliphatic heterocycles. The van der Waals surface area contributed by atoms with Crippen LogP contribution >= 0.6 is 7.60 Å². The van der Waals surface area contributed by atoms with E-state index in [1.807, 2.05) is 20.8 Å². The van der Waals surface area contributed by atoms with Crippen molar-refractivity contribution >= 4 is 37.1 Å². The van der Waals surface area contributed by atoms with Gasteiger partial charge in [-0.15, -0.1) is 0 Å². The lowest BCUT2D eigenvalue weighted by atomic mass is 9.90. The summed E-state index contributed by atoms with van der Waals surface area (Å²) < 4.78 is 22.9. The van der Waals surface area contributed by atoms with Gasteiger partial charge in [0.15, 0.2) is 5.76 Å². The van der Waals surface area contributed by atoms with Crippen LogP contribution in [-0.4, -0.2) is 58.4 Å². The molecule has 4 N–H and O–H groups in total. The molecule has 0 aliphatic carbocycles. The summed E-state index contributed by atoms with van der Waals surface area (Å²) in [4.78, 5) is 75.5. The third-order valence-corrected chi connectivity index (χ3v) is 8.38. The van der Waals surface area contributed by atoms with Crippen molar-refractivity contribution in [3.8, 4) is 17.1 Å². The van der Waals surface area contributed by atoms with E-state index in [0.717, 1.165) is 17.9 Å². The van der Waals surface area contributed by atoms with Crippen molar-refractivity contribution < 1.29 is 47.5 Å². The lowest BCUT2D eigenvalue weighted by Gasteiger charge is -2.32. The standard InChI is InChI=1S/C31H46N3O10P/c1-6-11-12-13-25(26(9-4)34(20-35)44-31(38)21(7-2)8-3)29(36)32-19-33-30(37)28-15-14-27(43-28)22-16-23(42-10-5)18-24(17-22)45(39,40)41/h14-18,20-21,25-26H,6-13,19H2,1-5H3,(H,32,36)(H,33,37)(H2,39,40,41). The number of furan rings is 1. The van der Waals surface area contributed by atoms with E-state index in [4.69, 9.17) is 14.0 Å². The number of benzene rings is 1. The van der Waals surface area contributed by atoms with E-state index >= 15 is 0 Å². The molecule has 45 heavy (non-hydrogen) atoms. The minimum absolute atomic E-state index is 0.0924. The first-order valence-electron chi connectivity index (χ1n) is 15.4. The molecule has 2 rings (SSSR count). The predicted molar refractivity (Wildman–Crippen MR) is 167 cm³/mol. The third kappa shape index (κ3) is 11.0. The minimum Gasteiger partial charge on any atom is -0.494 e. The van der Waals surface area contributed by atoms with Crippen LogP contribution in [0.1, 0.15) is 90.1 Å². The average Bonchev–Trinajstić information content (AvgIpc) is 3.51. The molecule has 1 heterocycles. The number of nitrogens with one attached hydrogen (secondary N) is 2. The quantitative estimate of drug-likeness (QED) is 0.0530. The summed E-state index contributed by atoms with van der Waals surface area (Å²) in [5.74, 6) is -2.32. The Morgan fingerprint density at radius 3 is 2.29 bits per heavy atom. The molecular formula is C31H46N3O10P. The number of nitrogens with zero attached hydrogens (tertiary/aromatic N) is 1. The molecular weight excluding hydrogens is 605 g/mol. The van der Waals surface area contributed by atoms with E-state index in [1.165, 1.54) is 30.3 Å². The maximum atomic E-state index is 13.4. The monoisotopic (exact) mass is 651 g/mol. The molecule has 0 bridgehead atoms. The van der Waals surface area contributed by atoms with Crippen LogP contribution in [0.4, 0.5) is 0 Å². The number of unbranched alkanes of at least 4 members (excludes halogenated alkanes) is 2. The largest absolute Gasteiger partial charge is 0.494 e. The molecule has 2 atom stereocenters. The van der Waals surface area contributed by atoms with E-state index in [2.05, 4.69) is 10.6 Å². The Kier molecular flexibility index (Phi) is 15.3. The molecule has 14 heteroatoms. The van der Waals surface area contributed by atoms with Crippen molar-refractivity contribution in [3.63, 3.8) is 0 Å². The highest BCUT2D eigenvalue weighted by atomic mass is 31.2. The van der Waals surface area contributed by atoms with Gasteiger partial charge >= 0.3 is 13.6 Å². The number of hydrogen-bond acceptors (Lipinski definition) is 8. The number of carbonyl (C=O) groups is 4. The van der Waals surface area contributed by atoms with Crippen LogP contribution in [0.5, 0.6) is 5.75 Å². The van der Waals surface area contributed by atoms with Gasteiger partial charge in [0.2, 0.25) is 12.3 Å². The van der Waals surface area contributed by atoms with Gasteiger partial charge in [-0.25, -0.2) is 4.79 Å². The Morgan fingerprint density at radius 2 is 1.71 bits per heavy atom. The number of carbonyl (C=O) groups excluding carboxylic acids is 4. The van der Waals surface area contributed by atoms with Crippen molar-refractivity contribution in [1.29, 1.82) is 0 Å². The van der Waals surface area contributed by atoms with Crippen LogP contribution in [0.2, 0.25) is 0 Å². The van der Waals surface area contributed by atoms with Crippen molar-refractivity contribution in [3.05, 3.63) is 36.1 Å². The van der Waals surface area contributed by atoms with E-state index in [1.54, 1.807) is 13.8 Å². The summed E-state index contributed by atoms with van der Waals surface area (Å²) in [7, 11) is -4.59. The van der Waals surface area contributed by atoms with E-state index in [0.29, 0.717) is 44.1 Å². The lowest BCUT2D eigenvalue weighted by molar-refractivity contribution is -0.208. The zero-order valence-electron chi connectivity index (χ0n) is 26.6. The molecule has 2 aromatic rings. The Balaban J connectivity index is 2.14. The Morgan fingerprint density at radius 1 is 1.00 bits per heavy atom. The van der Waals surface area contributed by atoms with Gasteiger partial charge in [-0.3, -0.25) is 18.9 Å². The first-order chi connectivity index (χ1) is 21.4. The summed E-state index contributed by atoms with van der Waals surface area (Å²) in [6, 6.07) is 6.22. The number of ether oxygens (including phenoxy) is 1. The molecule has 3 amide bonds. The molecule has 0 radical (unpaired) electrons. The smallest absolute Gasteiger partial charge is 0.356 e. The van der Waals surface area contributed by atoms with E-state index < -0.39 is 37.3 Å². The number of hydrogen-bond donors (Lipinski definition) is 4. The van der Waals surface area contributed by atoms with Gasteiger partial charge in [-0.1, -0.05) is 47.0 Å². The van der Waals surface area contributed by atoms with Crippen LogP contribution < -0.4 is 20.7 Å². The lowest BCUT2D eigenvalue weighted by Crippen LogP contribution is -2.49. The Hall–Kier alpha value is -3.67. The SMILES string of the molecule is CCCCCC(C(=O)NCNC(=O)c1ccc(-c2cc(OCC)cc(P(=O)(O)O)c2)o1)C(CC)N(C=O)OC(=O)C(CC)CC. The topological polar surface area (TPSA) is 185 Å². The van der Waals surface area contributed by atoms with Gasteiger partial charge < -0.3 is 34.4 Å². The third-order valence-electron chi connectivity index (χ3n) is 7.45. The maximum Gasteiger partial charge on any atom is 0.356 e. The molecule has 250 valence electrons. The van der Waals surface area contributed by atoms with Crippen LogP contribution in [0, 0.1) is 11.8 Å². The zero-order chi connectivity index (χ0) is 33.6. The van der Waals surface area contributed by atoms with Crippen LogP contribution in [0.15, 0.2) is 34.7 Å². The second kappa shape index (κ2) is 18.3. The van der Waals surface area contributed by atoms with Gasteiger partial charge in [-0.05, 0) is 62.9 Å². The first-order valence-corrected chi connectivity index (χ1v) is 17.0. The molecule has 0 fully saturated rings. The minimum atomic E-state index is -4.59. The predicted octanol–water partition coefficient (Wildman–Crippen LogP) is 4.28. The van der Waals surface area contributed by atoms with Crippen molar-refractivity contribution in [2.75, 3.05) is 13.3 Å². The van der Waals surface area contributed by atoms with Crippen LogP contribution in [0.25, 0.3) is 11.3 Å². The zero-order valence-corrected chi connectivity index (χ0v) is 27.5. The molecule has 0 aliphatic rings. The van der Waals surface area contributed by atoms with Gasteiger partial charge in [0.1, 0.15) is 11.5 Å². The van der Waals surface area contributed by atoms with Crippen molar-refractivity contribution in [1.82, 2.24) is 15.7 Å². The van der Waals surface area contributed by atoms with Gasteiger partial charge in [0.25, 0.3) is 5.91 Å². The van der Waals surface area contributed by atoms with Crippen molar-refractivity contribution in [2.45, 2.75) is 85.6 Å². The van der Waals surface area contributed by atoms with Crippen LogP contribution in [-0.2, 0) is 23.8 Å². The molecule has 1 aromatic carbocycles. The summed E-state index contributed by atoms with van der Waals surface area (Å²) in [6.07, 6.45) is 4.85. The highest BCUT2D eigenvalue weighted by Gasteiger charge is 2.34. The second-order valence-electron chi connectivity index (χ2n) is 10.5. The number of amides is 3. The highest BCUT2D eigenvalue weighted by molar-refractivity contribution is 7.60. The number of rotatable bonds is 20. The molecule has 2 unspecified atom stereocenters. The molecule has 13 nitrogen and oxygen atoms in total. The fourth-order valence-electron chi connectivity index (χ4n) is 4.91. The average molecular weight is 652 g/mol. The molecule has 0 saturated carbocycles. The van der Waals surface area contributed by atoms with Crippen LogP contribution in [0.3, 0.4) is 0 Å². The van der Waals surface area contributed by atoms with E-state index in [-0.39, 0.29) is 41.8 Å². The fraction of sp³-hybridized carbons (Fsp3) is 0.548. The molecule has 1 aromatic heterocycles. The first kappa shape index (κ1) is 37.5. The summed E-state index contributed by atoms with van der Waals surface area (Å²) in [5.41, 5.74) is 0.303. The summed E-state index contributed by atoms with van der Waals surface area (Å²) >= 11 is 0. The number of hydroxylamine groups is 2. The summed E-state index contributed by atoms with van der Waals surface area (Å²) in [6.45, 7) is 9.31. The Labute approximate surface area is 264 Å². The normalized spacial score (nSPS) is 12.7. The Bertz CT molecular complexity index is 1320. The van der Waals surface area contributed by atoms with Gasteiger partial charge in [0, 0.05) is 5.56 Å². The maximum absolute atomic E-state index is 13.4. The van der Waals surface area contributed by atoms with E-state index in [9.17, 15) is 33.5 Å². The summed E-state index contributed by atoms with van der Waals surface area (Å²) in [5, 5.41) is 5.94. The molecule has 0 saturated heterocycles. The van der Waals surface area contributed by atoms with Gasteiger partial charge in [0.05, 0.1) is 36.5 Å². The van der Waals surface area contributed by atoms with Gasteiger partial charge in [-0.2, -0.15) is 5.06 Å². The highest BCUT2D eigenvalue weighted by Crippen LogP contribution is 2.37. The molecule has 0 spiro atoms. The fourth-order valence-corrected chi connectivity index (χ4v) is 5.51. The second-order valence-corrected chi connectivity index (χ2v) is 12.2. The van der Waals surface area contributed by atoms with Crippen molar-refractivity contribution in [2.24, 2.45) is 11.8 Å².